The third-order valence-corrected chi connectivity index (χ3v) is 5.35. The van der Waals surface area contributed by atoms with Gasteiger partial charge in [0.05, 0.1) is 5.75 Å². The number of amides is 1. The number of carbonyl (C=O) groups excluding carboxylic acids is 1. The first-order valence-electron chi connectivity index (χ1n) is 9.61. The molecule has 158 valence electrons. The predicted molar refractivity (Wildman–Crippen MR) is 120 cm³/mol. The molecule has 1 N–H and O–H groups in total. The van der Waals surface area contributed by atoms with E-state index in [0.29, 0.717) is 18.3 Å². The van der Waals surface area contributed by atoms with Crippen molar-refractivity contribution in [2.24, 2.45) is 0 Å². The van der Waals surface area contributed by atoms with Gasteiger partial charge in [-0.2, -0.15) is 0 Å². The minimum absolute atomic E-state index is 0.0884. The Balaban J connectivity index is 1.66. The largest absolute Gasteiger partial charge is 0.385 e. The zero-order valence-electron chi connectivity index (χ0n) is 17.4. The lowest BCUT2D eigenvalue weighted by Crippen LogP contribution is -2.15. The van der Waals surface area contributed by atoms with E-state index >= 15 is 0 Å². The second-order valence-corrected chi connectivity index (χ2v) is 7.76. The molecule has 0 aliphatic rings. The number of rotatable bonds is 10. The number of anilines is 2. The average molecular weight is 427 g/mol. The van der Waals surface area contributed by atoms with E-state index in [0.717, 1.165) is 29.2 Å². The lowest BCUT2D eigenvalue weighted by Gasteiger charge is -2.13. The van der Waals surface area contributed by atoms with Crippen molar-refractivity contribution in [3.05, 3.63) is 48.8 Å². The van der Waals surface area contributed by atoms with Crippen LogP contribution in [0.25, 0.3) is 11.4 Å². The molecule has 0 radical (unpaired) electrons. The molecular weight excluding hydrogens is 400 g/mol. The topological polar surface area (TPSA) is 85.2 Å². The number of hydrogen-bond acceptors (Lipinski definition) is 7. The van der Waals surface area contributed by atoms with Crippen molar-refractivity contribution in [1.82, 2.24) is 19.7 Å². The molecule has 2 aromatic heterocycles. The lowest BCUT2D eigenvalue weighted by molar-refractivity contribution is -0.113. The maximum absolute atomic E-state index is 12.4. The van der Waals surface area contributed by atoms with E-state index in [-0.39, 0.29) is 11.7 Å². The zero-order valence-corrected chi connectivity index (χ0v) is 18.2. The monoisotopic (exact) mass is 426 g/mol. The van der Waals surface area contributed by atoms with Gasteiger partial charge in [0.1, 0.15) is 0 Å². The number of thioether (sulfide) groups is 1. The zero-order chi connectivity index (χ0) is 21.3. The molecule has 1 aromatic carbocycles. The van der Waals surface area contributed by atoms with Crippen LogP contribution in [0.4, 0.5) is 11.4 Å². The summed E-state index contributed by atoms with van der Waals surface area (Å²) in [6.45, 7) is 1.34. The van der Waals surface area contributed by atoms with Gasteiger partial charge in [0.15, 0.2) is 11.0 Å². The van der Waals surface area contributed by atoms with Crippen molar-refractivity contribution in [2.45, 2.75) is 18.1 Å². The van der Waals surface area contributed by atoms with E-state index in [4.69, 9.17) is 4.74 Å². The number of methoxy groups -OCH3 is 1. The van der Waals surface area contributed by atoms with Crippen LogP contribution in [0.1, 0.15) is 6.42 Å². The first-order valence-corrected chi connectivity index (χ1v) is 10.6. The summed E-state index contributed by atoms with van der Waals surface area (Å²) in [6, 6.07) is 11.5. The minimum Gasteiger partial charge on any atom is -0.385 e. The molecule has 0 aliphatic carbocycles. The summed E-state index contributed by atoms with van der Waals surface area (Å²) in [6.07, 6.45) is 4.28. The molecule has 30 heavy (non-hydrogen) atoms. The number of aromatic nitrogens is 4. The van der Waals surface area contributed by atoms with E-state index in [9.17, 15) is 4.79 Å². The molecule has 3 rings (SSSR count). The van der Waals surface area contributed by atoms with Crippen LogP contribution in [0, 0.1) is 0 Å². The summed E-state index contributed by atoms with van der Waals surface area (Å²) in [5, 5.41) is 12.3. The lowest BCUT2D eigenvalue weighted by atomic mass is 10.2. The maximum Gasteiger partial charge on any atom is 0.234 e. The fourth-order valence-electron chi connectivity index (χ4n) is 2.85. The molecular formula is C21H26N6O2S. The molecule has 1 amide bonds. The van der Waals surface area contributed by atoms with E-state index in [1.54, 1.807) is 19.5 Å². The van der Waals surface area contributed by atoms with Crippen molar-refractivity contribution < 1.29 is 9.53 Å². The van der Waals surface area contributed by atoms with Gasteiger partial charge in [0.2, 0.25) is 5.91 Å². The van der Waals surface area contributed by atoms with Gasteiger partial charge in [-0.05, 0) is 42.8 Å². The standard InChI is InChI=1S/C21H26N6O2S/c1-26(2)18-7-5-17(6-8-18)23-19(28)15-30-21-25-24-20(16-9-11-22-12-10-16)27(21)13-4-14-29-3/h5-12H,4,13-15H2,1-3H3,(H,23,28). The van der Waals surface area contributed by atoms with E-state index in [2.05, 4.69) is 20.5 Å². The van der Waals surface area contributed by atoms with Crippen molar-refractivity contribution in [3.63, 3.8) is 0 Å². The SMILES string of the molecule is COCCCn1c(SCC(=O)Nc2ccc(N(C)C)cc2)nnc1-c1ccncc1. The van der Waals surface area contributed by atoms with E-state index in [1.807, 2.05) is 60.0 Å². The fraction of sp³-hybridized carbons (Fsp3) is 0.333. The highest BCUT2D eigenvalue weighted by Crippen LogP contribution is 2.24. The second kappa shape index (κ2) is 10.7. The van der Waals surface area contributed by atoms with Crippen molar-refractivity contribution >= 4 is 29.0 Å². The number of benzene rings is 1. The number of carbonyl (C=O) groups is 1. The van der Waals surface area contributed by atoms with Crippen LogP contribution < -0.4 is 10.2 Å². The molecule has 0 fully saturated rings. The van der Waals surface area contributed by atoms with Crippen LogP contribution in [-0.2, 0) is 16.1 Å². The van der Waals surface area contributed by atoms with E-state index in [1.165, 1.54) is 11.8 Å². The number of pyridine rings is 1. The first kappa shape index (κ1) is 21.8. The molecule has 0 spiro atoms. The van der Waals surface area contributed by atoms with Crippen molar-refractivity contribution in [3.8, 4) is 11.4 Å². The molecule has 3 aromatic rings. The molecule has 0 saturated heterocycles. The average Bonchev–Trinajstić information content (AvgIpc) is 3.16. The Kier molecular flexibility index (Phi) is 7.81. The first-order chi connectivity index (χ1) is 14.6. The molecule has 0 aliphatic heterocycles. The van der Waals surface area contributed by atoms with Gasteiger partial charge in [-0.3, -0.25) is 9.78 Å². The molecule has 0 atom stereocenters. The Morgan fingerprint density at radius 3 is 2.53 bits per heavy atom. The molecule has 0 unspecified atom stereocenters. The van der Waals surface area contributed by atoms with Gasteiger partial charge >= 0.3 is 0 Å². The normalized spacial score (nSPS) is 10.8. The fourth-order valence-corrected chi connectivity index (χ4v) is 3.61. The second-order valence-electron chi connectivity index (χ2n) is 6.82. The summed E-state index contributed by atoms with van der Waals surface area (Å²) >= 11 is 1.37. The highest BCUT2D eigenvalue weighted by atomic mass is 32.2. The summed E-state index contributed by atoms with van der Waals surface area (Å²) in [5.74, 6) is 0.916. The molecule has 2 heterocycles. The molecule has 0 bridgehead atoms. The van der Waals surface area contributed by atoms with Crippen LogP contribution >= 0.6 is 11.8 Å². The summed E-state index contributed by atoms with van der Waals surface area (Å²) in [4.78, 5) is 18.5. The van der Waals surface area contributed by atoms with E-state index < -0.39 is 0 Å². The van der Waals surface area contributed by atoms with Gasteiger partial charge in [0.25, 0.3) is 0 Å². The van der Waals surface area contributed by atoms with Gasteiger partial charge < -0.3 is 19.5 Å². The smallest absolute Gasteiger partial charge is 0.234 e. The Morgan fingerprint density at radius 1 is 1.13 bits per heavy atom. The molecule has 0 saturated carbocycles. The highest BCUT2D eigenvalue weighted by molar-refractivity contribution is 7.99. The number of nitrogens with zero attached hydrogens (tertiary/aromatic N) is 5. The van der Waals surface area contributed by atoms with Gasteiger partial charge in [-0.25, -0.2) is 0 Å². The van der Waals surface area contributed by atoms with Crippen LogP contribution in [0.3, 0.4) is 0 Å². The van der Waals surface area contributed by atoms with Crippen LogP contribution in [0.2, 0.25) is 0 Å². The number of hydrogen-bond donors (Lipinski definition) is 1. The Morgan fingerprint density at radius 2 is 1.87 bits per heavy atom. The van der Waals surface area contributed by atoms with Crippen LogP contribution in [0.15, 0.2) is 53.9 Å². The summed E-state index contributed by atoms with van der Waals surface area (Å²) in [7, 11) is 5.64. The van der Waals surface area contributed by atoms with Crippen molar-refractivity contribution in [2.75, 3.05) is 43.8 Å². The van der Waals surface area contributed by atoms with Gasteiger partial charge in [-0.1, -0.05) is 11.8 Å². The Bertz CT molecular complexity index is 944. The highest BCUT2D eigenvalue weighted by Gasteiger charge is 2.15. The third-order valence-electron chi connectivity index (χ3n) is 4.39. The third kappa shape index (κ3) is 5.80. The maximum atomic E-state index is 12.4. The van der Waals surface area contributed by atoms with Gasteiger partial charge in [0, 0.05) is 63.7 Å². The predicted octanol–water partition coefficient (Wildman–Crippen LogP) is 3.17. The minimum atomic E-state index is -0.0884. The van der Waals surface area contributed by atoms with Crippen LogP contribution in [-0.4, -0.2) is 59.2 Å². The quantitative estimate of drug-likeness (QED) is 0.394. The molecule has 8 nitrogen and oxygen atoms in total. The Labute approximate surface area is 180 Å². The van der Waals surface area contributed by atoms with Crippen LogP contribution in [0.5, 0.6) is 0 Å². The Hall–Kier alpha value is -2.91. The summed E-state index contributed by atoms with van der Waals surface area (Å²) in [5.41, 5.74) is 2.78. The van der Waals surface area contributed by atoms with Crippen molar-refractivity contribution in [1.29, 1.82) is 0 Å². The number of nitrogens with one attached hydrogen (secondary N) is 1. The van der Waals surface area contributed by atoms with Gasteiger partial charge in [-0.15, -0.1) is 10.2 Å². The summed E-state index contributed by atoms with van der Waals surface area (Å²) < 4.78 is 7.20. The molecule has 9 heteroatoms. The number of ether oxygens (including phenoxy) is 1.